The molecule has 3 aromatic rings. The number of amides is 3. The molecule has 192 valence electrons. The first-order valence-electron chi connectivity index (χ1n) is 10.9. The molecule has 12 nitrogen and oxygen atoms in total. The Balaban J connectivity index is 1.52. The van der Waals surface area contributed by atoms with Gasteiger partial charge in [-0.1, -0.05) is 30.3 Å². The van der Waals surface area contributed by atoms with Crippen LogP contribution in [0.25, 0.3) is 0 Å². The van der Waals surface area contributed by atoms with E-state index >= 15 is 0 Å². The molecule has 0 spiro atoms. The molecule has 37 heavy (non-hydrogen) atoms. The first-order chi connectivity index (χ1) is 17.6. The number of sulfonamides is 1. The summed E-state index contributed by atoms with van der Waals surface area (Å²) in [4.78, 5) is 37.2. The minimum Gasteiger partial charge on any atom is -0.454 e. The molecular formula is C24H22N4O8S. The lowest BCUT2D eigenvalue weighted by atomic mass is 10.0. The third-order valence-corrected chi connectivity index (χ3v) is 6.89. The van der Waals surface area contributed by atoms with Crippen LogP contribution in [0.15, 0.2) is 77.7 Å². The number of ether oxygens (including phenoxy) is 2. The van der Waals surface area contributed by atoms with Crippen molar-refractivity contribution in [1.82, 2.24) is 10.0 Å². The van der Waals surface area contributed by atoms with Gasteiger partial charge in [-0.15, -0.1) is 0 Å². The van der Waals surface area contributed by atoms with Crippen molar-refractivity contribution in [2.24, 2.45) is 0 Å². The van der Waals surface area contributed by atoms with Crippen molar-refractivity contribution in [3.8, 4) is 11.5 Å². The summed E-state index contributed by atoms with van der Waals surface area (Å²) in [7, 11) is -2.85. The molecule has 0 aromatic heterocycles. The van der Waals surface area contributed by atoms with Crippen LogP contribution >= 0.6 is 0 Å². The molecular weight excluding hydrogens is 504 g/mol. The summed E-state index contributed by atoms with van der Waals surface area (Å²) in [5.74, 6) is 0.502. The minimum absolute atomic E-state index is 0.0675. The maximum atomic E-state index is 13.4. The lowest BCUT2D eigenvalue weighted by Gasteiger charge is -2.25. The molecule has 0 fully saturated rings. The van der Waals surface area contributed by atoms with Crippen LogP contribution in [-0.2, 0) is 21.2 Å². The summed E-state index contributed by atoms with van der Waals surface area (Å²) >= 11 is 0. The summed E-state index contributed by atoms with van der Waals surface area (Å²) in [6.45, 7) is 0.0675. The Kier molecular flexibility index (Phi) is 7.25. The number of urea groups is 1. The number of nitro groups is 1. The number of nitro benzene ring substituents is 1. The molecule has 13 heteroatoms. The minimum atomic E-state index is -4.37. The predicted octanol–water partition coefficient (Wildman–Crippen LogP) is 2.59. The van der Waals surface area contributed by atoms with Gasteiger partial charge in [-0.05, 0) is 29.8 Å². The number of nitrogens with zero attached hydrogens (tertiary/aromatic N) is 2. The average Bonchev–Trinajstić information content (AvgIpc) is 3.36. The Hall–Kier alpha value is -4.65. The van der Waals surface area contributed by atoms with Gasteiger partial charge in [-0.25, -0.2) is 17.9 Å². The molecule has 0 bridgehead atoms. The van der Waals surface area contributed by atoms with Crippen molar-refractivity contribution in [3.05, 3.63) is 88.5 Å². The van der Waals surface area contributed by atoms with Gasteiger partial charge >= 0.3 is 6.03 Å². The predicted molar refractivity (Wildman–Crippen MR) is 132 cm³/mol. The van der Waals surface area contributed by atoms with Crippen LogP contribution in [0.1, 0.15) is 5.56 Å². The van der Waals surface area contributed by atoms with E-state index in [0.717, 1.165) is 29.8 Å². The zero-order chi connectivity index (χ0) is 26.6. The number of anilines is 1. The molecule has 1 unspecified atom stereocenters. The number of hydrogen-bond donors (Lipinski definition) is 2. The fourth-order valence-corrected chi connectivity index (χ4v) is 4.54. The molecule has 0 saturated heterocycles. The summed E-state index contributed by atoms with van der Waals surface area (Å²) in [5, 5.41) is 13.3. The molecule has 1 heterocycles. The van der Waals surface area contributed by atoms with Crippen LogP contribution < -0.4 is 24.4 Å². The van der Waals surface area contributed by atoms with Crippen molar-refractivity contribution in [1.29, 1.82) is 0 Å². The largest absolute Gasteiger partial charge is 0.454 e. The van der Waals surface area contributed by atoms with Gasteiger partial charge in [0.05, 0.1) is 9.82 Å². The van der Waals surface area contributed by atoms with E-state index < -0.39 is 32.9 Å². The van der Waals surface area contributed by atoms with E-state index in [4.69, 9.17) is 9.47 Å². The van der Waals surface area contributed by atoms with Crippen molar-refractivity contribution < 1.29 is 32.4 Å². The summed E-state index contributed by atoms with van der Waals surface area (Å²) in [6.07, 6.45) is 0.0829. The summed E-state index contributed by atoms with van der Waals surface area (Å²) < 4.78 is 37.8. The van der Waals surface area contributed by atoms with E-state index in [1.165, 1.54) is 11.9 Å². The van der Waals surface area contributed by atoms with Gasteiger partial charge in [-0.2, -0.15) is 0 Å². The number of benzene rings is 3. The SMILES string of the molecule is CN(C(=O)C(Cc1ccccc1)NC(=O)NS(=O)(=O)c1ccc([N+](=O)[O-])cc1)c1ccc2c(c1)OCO2. The van der Waals surface area contributed by atoms with Gasteiger partial charge in [-0.3, -0.25) is 14.9 Å². The maximum absolute atomic E-state index is 13.4. The number of non-ortho nitro benzene ring substituents is 1. The monoisotopic (exact) mass is 526 g/mol. The van der Waals surface area contributed by atoms with E-state index in [2.05, 4.69) is 5.32 Å². The Morgan fingerprint density at radius 2 is 1.70 bits per heavy atom. The highest BCUT2D eigenvalue weighted by Crippen LogP contribution is 2.35. The zero-order valence-corrected chi connectivity index (χ0v) is 20.3. The molecule has 0 radical (unpaired) electrons. The lowest BCUT2D eigenvalue weighted by molar-refractivity contribution is -0.384. The van der Waals surface area contributed by atoms with E-state index in [1.54, 1.807) is 48.5 Å². The van der Waals surface area contributed by atoms with E-state index in [0.29, 0.717) is 17.2 Å². The first-order valence-corrected chi connectivity index (χ1v) is 12.4. The summed E-state index contributed by atoms with van der Waals surface area (Å²) in [5.41, 5.74) is 0.912. The molecule has 1 aliphatic rings. The number of fused-ring (bicyclic) bond motifs is 1. The highest BCUT2D eigenvalue weighted by atomic mass is 32.2. The molecule has 0 aliphatic carbocycles. The smallest absolute Gasteiger partial charge is 0.329 e. The quantitative estimate of drug-likeness (QED) is 0.335. The Morgan fingerprint density at radius 1 is 1.03 bits per heavy atom. The van der Waals surface area contributed by atoms with Gasteiger partial charge < -0.3 is 19.7 Å². The standard InChI is InChI=1S/C24H22N4O8S/c1-27(18-9-12-21-22(14-18)36-15-35-21)23(29)20(13-16-5-3-2-4-6-16)25-24(30)26-37(33,34)19-10-7-17(8-11-19)28(31)32/h2-12,14,20H,13,15H2,1H3,(H2,25,26,30). The third kappa shape index (κ3) is 5.95. The van der Waals surface area contributed by atoms with Gasteiger partial charge in [0, 0.05) is 37.4 Å². The number of carbonyl (C=O) groups is 2. The molecule has 4 rings (SSSR count). The second-order valence-electron chi connectivity index (χ2n) is 8.01. The molecule has 2 N–H and O–H groups in total. The third-order valence-electron chi connectivity index (χ3n) is 5.55. The van der Waals surface area contributed by atoms with Gasteiger partial charge in [0.15, 0.2) is 11.5 Å². The molecule has 0 saturated carbocycles. The normalized spacial score (nSPS) is 12.9. The van der Waals surface area contributed by atoms with E-state index in [9.17, 15) is 28.1 Å². The van der Waals surface area contributed by atoms with Crippen LogP contribution in [-0.4, -0.2) is 45.2 Å². The highest BCUT2D eigenvalue weighted by molar-refractivity contribution is 7.90. The first kappa shape index (κ1) is 25.4. The van der Waals surface area contributed by atoms with Crippen LogP contribution in [0.5, 0.6) is 11.5 Å². The molecule has 1 atom stereocenters. The van der Waals surface area contributed by atoms with Crippen molar-refractivity contribution in [2.75, 3.05) is 18.7 Å². The molecule has 1 aliphatic heterocycles. The average molecular weight is 527 g/mol. The van der Waals surface area contributed by atoms with Gasteiger partial charge in [0.2, 0.25) is 12.7 Å². The van der Waals surface area contributed by atoms with Crippen LogP contribution in [0.2, 0.25) is 0 Å². The molecule has 3 amide bonds. The number of nitrogens with one attached hydrogen (secondary N) is 2. The maximum Gasteiger partial charge on any atom is 0.329 e. The lowest BCUT2D eigenvalue weighted by Crippen LogP contribution is -2.52. The van der Waals surface area contributed by atoms with E-state index in [1.807, 2.05) is 4.72 Å². The fraction of sp³-hybridized carbons (Fsp3) is 0.167. The van der Waals surface area contributed by atoms with Crippen LogP contribution in [0.4, 0.5) is 16.2 Å². The second-order valence-corrected chi connectivity index (χ2v) is 9.69. The van der Waals surface area contributed by atoms with Gasteiger partial charge in [0.25, 0.3) is 15.7 Å². The van der Waals surface area contributed by atoms with Crippen LogP contribution in [0.3, 0.4) is 0 Å². The van der Waals surface area contributed by atoms with E-state index in [-0.39, 0.29) is 23.8 Å². The highest BCUT2D eigenvalue weighted by Gasteiger charge is 2.28. The Bertz CT molecular complexity index is 1430. The number of hydrogen-bond acceptors (Lipinski definition) is 8. The Morgan fingerprint density at radius 3 is 2.38 bits per heavy atom. The summed E-state index contributed by atoms with van der Waals surface area (Å²) in [6, 6.07) is 15.6. The topological polar surface area (TPSA) is 157 Å². The zero-order valence-electron chi connectivity index (χ0n) is 19.5. The molecule has 3 aromatic carbocycles. The van der Waals surface area contributed by atoms with Crippen molar-refractivity contribution in [3.63, 3.8) is 0 Å². The van der Waals surface area contributed by atoms with Gasteiger partial charge in [0.1, 0.15) is 6.04 Å². The number of likely N-dealkylation sites (N-methyl/N-ethyl adjacent to an activating group) is 1. The number of rotatable bonds is 8. The second kappa shape index (κ2) is 10.5. The van der Waals surface area contributed by atoms with Crippen molar-refractivity contribution >= 4 is 33.3 Å². The van der Waals surface area contributed by atoms with Crippen molar-refractivity contribution in [2.45, 2.75) is 17.4 Å². The number of carbonyl (C=O) groups excluding carboxylic acids is 2. The van der Waals surface area contributed by atoms with Crippen LogP contribution in [0, 0.1) is 10.1 Å². The Labute approximate surface area is 212 Å². The fourth-order valence-electron chi connectivity index (χ4n) is 3.62.